The molecule has 7 nitrogen and oxygen atoms in total. The molecular formula is C26H29Cl2NO6S. The lowest BCUT2D eigenvalue weighted by Crippen LogP contribution is -2.57. The Bertz CT molecular complexity index is 1220. The van der Waals surface area contributed by atoms with Crippen LogP contribution in [-0.2, 0) is 24.2 Å². The number of rotatable bonds is 9. The molecule has 0 spiro atoms. The number of hydrogen-bond acceptors (Lipinski definition) is 5. The first-order valence-corrected chi connectivity index (χ1v) is 14.5. The zero-order chi connectivity index (χ0) is 26.0. The number of amides is 1. The molecule has 2 aliphatic rings. The summed E-state index contributed by atoms with van der Waals surface area (Å²) in [6, 6.07) is 12.6. The van der Waals surface area contributed by atoms with Crippen molar-refractivity contribution in [2.75, 3.05) is 5.75 Å². The molecule has 0 radical (unpaired) electrons. The van der Waals surface area contributed by atoms with Gasteiger partial charge in [-0.05, 0) is 54.7 Å². The molecular weight excluding hydrogens is 525 g/mol. The van der Waals surface area contributed by atoms with Gasteiger partial charge in [-0.25, -0.2) is 8.42 Å². The lowest BCUT2D eigenvalue weighted by Gasteiger charge is -2.48. The van der Waals surface area contributed by atoms with Crippen LogP contribution in [0.25, 0.3) is 0 Å². The Morgan fingerprint density at radius 2 is 1.81 bits per heavy atom. The van der Waals surface area contributed by atoms with Crippen LogP contribution >= 0.6 is 23.2 Å². The number of hydrogen-bond donors (Lipinski definition) is 1. The number of benzene rings is 2. The van der Waals surface area contributed by atoms with Crippen molar-refractivity contribution in [1.29, 1.82) is 0 Å². The van der Waals surface area contributed by atoms with Crippen molar-refractivity contribution in [3.05, 3.63) is 69.7 Å². The van der Waals surface area contributed by atoms with Gasteiger partial charge in [0.2, 0.25) is 0 Å². The highest BCUT2D eigenvalue weighted by molar-refractivity contribution is 7.92. The highest BCUT2D eigenvalue weighted by Gasteiger charge is 2.48. The molecule has 36 heavy (non-hydrogen) atoms. The topological polar surface area (TPSA) is 101 Å². The van der Waals surface area contributed by atoms with Gasteiger partial charge in [0.05, 0.1) is 23.5 Å². The molecule has 10 heteroatoms. The van der Waals surface area contributed by atoms with Gasteiger partial charge in [-0.3, -0.25) is 9.59 Å². The summed E-state index contributed by atoms with van der Waals surface area (Å²) >= 11 is 12.4. The summed E-state index contributed by atoms with van der Waals surface area (Å²) in [5, 5.41) is 10.1. The molecule has 0 aromatic heterocycles. The molecule has 2 aromatic carbocycles. The third-order valence-corrected chi connectivity index (χ3v) is 9.85. The molecule has 0 bridgehead atoms. The summed E-state index contributed by atoms with van der Waals surface area (Å²) in [6.07, 6.45) is -0.0629. The largest absolute Gasteiger partial charge is 0.481 e. The van der Waals surface area contributed by atoms with Crippen molar-refractivity contribution in [3.8, 4) is 0 Å². The Morgan fingerprint density at radius 1 is 1.11 bits per heavy atom. The van der Waals surface area contributed by atoms with Crippen LogP contribution in [0.15, 0.2) is 48.5 Å². The highest BCUT2D eigenvalue weighted by Crippen LogP contribution is 2.45. The second-order valence-corrected chi connectivity index (χ2v) is 12.6. The summed E-state index contributed by atoms with van der Waals surface area (Å²) in [6.45, 7) is 1.84. The van der Waals surface area contributed by atoms with E-state index < -0.39 is 57.7 Å². The van der Waals surface area contributed by atoms with Crippen molar-refractivity contribution in [2.24, 2.45) is 0 Å². The molecule has 1 saturated carbocycles. The number of sulfone groups is 1. The lowest BCUT2D eigenvalue weighted by molar-refractivity contribution is -0.182. The Hall–Kier alpha value is -2.13. The van der Waals surface area contributed by atoms with Gasteiger partial charge in [0.1, 0.15) is 12.2 Å². The molecule has 4 atom stereocenters. The Labute approximate surface area is 221 Å². The first-order chi connectivity index (χ1) is 17.1. The average molecular weight is 554 g/mol. The molecule has 1 aliphatic carbocycles. The number of carboxylic acid groups (broad SMARTS) is 1. The smallest absolute Gasteiger partial charge is 0.306 e. The van der Waals surface area contributed by atoms with E-state index in [-0.39, 0.29) is 5.75 Å². The molecule has 1 amide bonds. The van der Waals surface area contributed by atoms with Crippen LogP contribution < -0.4 is 0 Å². The number of carbonyl (C=O) groups is 2. The Kier molecular flexibility index (Phi) is 8.29. The zero-order valence-corrected chi connectivity index (χ0v) is 22.2. The van der Waals surface area contributed by atoms with E-state index in [1.807, 2.05) is 6.92 Å². The Morgan fingerprint density at radius 3 is 2.36 bits per heavy atom. The number of halogens is 2. The second-order valence-electron chi connectivity index (χ2n) is 9.38. The van der Waals surface area contributed by atoms with E-state index in [2.05, 4.69) is 0 Å². The molecule has 194 valence electrons. The van der Waals surface area contributed by atoms with Gasteiger partial charge in [0.15, 0.2) is 9.84 Å². The predicted octanol–water partition coefficient (Wildman–Crippen LogP) is 5.22. The minimum absolute atomic E-state index is 0.188. The first kappa shape index (κ1) is 26.9. The summed E-state index contributed by atoms with van der Waals surface area (Å²) in [7, 11) is -3.44. The fourth-order valence-corrected chi connectivity index (χ4v) is 7.51. The lowest BCUT2D eigenvalue weighted by atomic mass is 9.89. The van der Waals surface area contributed by atoms with Crippen LogP contribution in [0.1, 0.15) is 62.3 Å². The third-order valence-electron chi connectivity index (χ3n) is 7.03. The summed E-state index contributed by atoms with van der Waals surface area (Å²) in [4.78, 5) is 27.0. The number of morpholine rings is 1. The van der Waals surface area contributed by atoms with E-state index in [1.54, 1.807) is 53.4 Å². The molecule has 4 rings (SSSR count). The monoisotopic (exact) mass is 553 g/mol. The Balaban J connectivity index is 1.83. The maximum Gasteiger partial charge on any atom is 0.306 e. The average Bonchev–Trinajstić information content (AvgIpc) is 2.77. The van der Waals surface area contributed by atoms with E-state index in [9.17, 15) is 23.1 Å². The van der Waals surface area contributed by atoms with E-state index in [1.165, 1.54) is 0 Å². The minimum Gasteiger partial charge on any atom is -0.481 e. The van der Waals surface area contributed by atoms with Crippen molar-refractivity contribution >= 4 is 44.9 Å². The van der Waals surface area contributed by atoms with E-state index in [0.717, 1.165) is 6.42 Å². The fourth-order valence-electron chi connectivity index (χ4n) is 4.93. The van der Waals surface area contributed by atoms with Gasteiger partial charge in [-0.15, -0.1) is 0 Å². The van der Waals surface area contributed by atoms with Crippen molar-refractivity contribution in [2.45, 2.75) is 68.6 Å². The van der Waals surface area contributed by atoms with Gasteiger partial charge in [-0.2, -0.15) is 0 Å². The van der Waals surface area contributed by atoms with Gasteiger partial charge < -0.3 is 14.7 Å². The molecule has 1 saturated heterocycles. The first-order valence-electron chi connectivity index (χ1n) is 12.0. The van der Waals surface area contributed by atoms with E-state index >= 15 is 0 Å². The van der Waals surface area contributed by atoms with Crippen LogP contribution in [-0.4, -0.2) is 53.4 Å². The zero-order valence-electron chi connectivity index (χ0n) is 19.8. The molecule has 2 aromatic rings. The molecule has 1 unspecified atom stereocenters. The molecule has 1 aliphatic heterocycles. The van der Waals surface area contributed by atoms with Gasteiger partial charge in [-0.1, -0.05) is 60.8 Å². The summed E-state index contributed by atoms with van der Waals surface area (Å²) in [5.41, 5.74) is 1.36. The fraction of sp³-hybridized carbons (Fsp3) is 0.462. The SMILES string of the molecule is CC[C@@H](CS(=O)(=O)C1CCC1)N1C(=O)[C@H](CC(=O)O)O[C@H](c2cccc(Cl)c2)C1c1ccc(Cl)cc1. The number of nitrogens with zero attached hydrogens (tertiary/aromatic N) is 1. The van der Waals surface area contributed by atoms with Gasteiger partial charge in [0.25, 0.3) is 5.91 Å². The highest BCUT2D eigenvalue weighted by atomic mass is 35.5. The summed E-state index contributed by atoms with van der Waals surface area (Å²) in [5.74, 6) is -1.91. The normalized spacial score (nSPS) is 23.8. The minimum atomic E-state index is -3.44. The van der Waals surface area contributed by atoms with Crippen LogP contribution in [0, 0.1) is 0 Å². The van der Waals surface area contributed by atoms with E-state index in [4.69, 9.17) is 27.9 Å². The molecule has 2 fully saturated rings. The number of carboxylic acids is 1. The second kappa shape index (κ2) is 11.1. The van der Waals surface area contributed by atoms with Crippen LogP contribution in [0.4, 0.5) is 0 Å². The number of carbonyl (C=O) groups excluding carboxylic acids is 1. The van der Waals surface area contributed by atoms with Crippen molar-refractivity contribution < 1.29 is 27.9 Å². The standard InChI is InChI=1S/C26H29Cl2NO6S/c1-2-20(15-36(33,34)21-7-4-8-21)29-24(16-9-11-18(27)12-10-16)25(17-5-3-6-19(28)13-17)35-22(26(29)32)14-23(30)31/h3,5-6,9-13,20-22,24-25H,2,4,7-8,14-15H2,1H3,(H,30,31)/t20-,22-,24?,25+/m0/s1. The number of ether oxygens (including phenoxy) is 1. The van der Waals surface area contributed by atoms with Gasteiger partial charge in [0, 0.05) is 16.1 Å². The van der Waals surface area contributed by atoms with E-state index in [0.29, 0.717) is 40.4 Å². The maximum absolute atomic E-state index is 13.8. The molecule has 1 N–H and O–H groups in total. The van der Waals surface area contributed by atoms with Crippen molar-refractivity contribution in [3.63, 3.8) is 0 Å². The van der Waals surface area contributed by atoms with Crippen LogP contribution in [0.2, 0.25) is 10.0 Å². The number of aliphatic carboxylic acids is 1. The van der Waals surface area contributed by atoms with Crippen LogP contribution in [0.3, 0.4) is 0 Å². The quantitative estimate of drug-likeness (QED) is 0.456. The third kappa shape index (κ3) is 5.72. The molecule has 1 heterocycles. The summed E-state index contributed by atoms with van der Waals surface area (Å²) < 4.78 is 32.5. The van der Waals surface area contributed by atoms with Gasteiger partial charge >= 0.3 is 5.97 Å². The predicted molar refractivity (Wildman–Crippen MR) is 138 cm³/mol. The van der Waals surface area contributed by atoms with Crippen molar-refractivity contribution in [1.82, 2.24) is 4.90 Å². The van der Waals surface area contributed by atoms with Crippen LogP contribution in [0.5, 0.6) is 0 Å². The maximum atomic E-state index is 13.8.